The summed E-state index contributed by atoms with van der Waals surface area (Å²) in [7, 11) is 3.11. The van der Waals surface area contributed by atoms with Gasteiger partial charge in [0, 0.05) is 22.7 Å². The van der Waals surface area contributed by atoms with E-state index in [1.54, 1.807) is 26.5 Å². The van der Waals surface area contributed by atoms with Crippen molar-refractivity contribution < 1.29 is 19.3 Å². The number of hydrogen-bond donors (Lipinski definition) is 2. The third-order valence-electron chi connectivity index (χ3n) is 4.65. The lowest BCUT2D eigenvalue weighted by Crippen LogP contribution is -2.16. The number of aromatic amines is 1. The smallest absolute Gasteiger partial charge is 0.297 e. The number of ether oxygens (including phenoxy) is 3. The van der Waals surface area contributed by atoms with Crippen molar-refractivity contribution in [1.29, 1.82) is 5.26 Å². The Kier molecular flexibility index (Phi) is 4.21. The Morgan fingerprint density at radius 3 is 2.74 bits per heavy atom. The molecule has 0 saturated carbocycles. The molecule has 2 heterocycles. The first-order valence-corrected chi connectivity index (χ1v) is 8.90. The van der Waals surface area contributed by atoms with Crippen LogP contribution in [0.2, 0.25) is 0 Å². The van der Waals surface area contributed by atoms with Crippen molar-refractivity contribution in [2.24, 2.45) is 0 Å². The summed E-state index contributed by atoms with van der Waals surface area (Å²) >= 11 is 3.49. The first kappa shape index (κ1) is 17.3. The third kappa shape index (κ3) is 2.61. The highest BCUT2D eigenvalue weighted by Crippen LogP contribution is 2.48. The van der Waals surface area contributed by atoms with E-state index < -0.39 is 11.9 Å². The van der Waals surface area contributed by atoms with Crippen molar-refractivity contribution in [2.75, 3.05) is 14.2 Å². The van der Waals surface area contributed by atoms with Gasteiger partial charge in [0.2, 0.25) is 0 Å². The van der Waals surface area contributed by atoms with E-state index in [9.17, 15) is 10.4 Å². The second kappa shape index (κ2) is 6.56. The molecule has 3 aromatic rings. The lowest BCUT2D eigenvalue weighted by molar-refractivity contribution is 0.196. The Balaban J connectivity index is 1.99. The number of hydrogen-bond acceptors (Lipinski definition) is 5. The Labute approximate surface area is 163 Å². The zero-order valence-corrected chi connectivity index (χ0v) is 16.1. The van der Waals surface area contributed by atoms with Gasteiger partial charge in [-0.15, -0.1) is 0 Å². The summed E-state index contributed by atoms with van der Waals surface area (Å²) in [6.07, 6.45) is 1.80. The van der Waals surface area contributed by atoms with Crippen LogP contribution in [0.4, 0.5) is 0 Å². The Morgan fingerprint density at radius 1 is 1.22 bits per heavy atom. The van der Waals surface area contributed by atoms with Crippen LogP contribution >= 0.6 is 15.9 Å². The summed E-state index contributed by atoms with van der Waals surface area (Å²) in [6.45, 7) is 0. The van der Waals surface area contributed by atoms with Crippen molar-refractivity contribution in [3.63, 3.8) is 0 Å². The molecule has 1 aromatic heterocycles. The summed E-state index contributed by atoms with van der Waals surface area (Å²) in [5.74, 6) is 0.709. The average molecular weight is 427 g/mol. The molecule has 27 heavy (non-hydrogen) atoms. The van der Waals surface area contributed by atoms with Crippen LogP contribution in [-0.2, 0) is 0 Å². The Hall–Kier alpha value is -3.11. The fourth-order valence-corrected chi connectivity index (χ4v) is 4.08. The number of methoxy groups -OCH3 is 2. The maximum Gasteiger partial charge on any atom is 0.297 e. The number of aliphatic hydroxyl groups is 1. The molecule has 0 radical (unpaired) electrons. The van der Waals surface area contributed by atoms with E-state index in [0.29, 0.717) is 21.7 Å². The SMILES string of the molecule is COc1cc(C2C(C#N)=C(O)Oc3c2ccc2[nH]ccc32)cc(Br)c1OC. The number of aliphatic hydroxyl groups excluding tert-OH is 1. The van der Waals surface area contributed by atoms with E-state index in [4.69, 9.17) is 14.2 Å². The molecule has 0 aliphatic carbocycles. The molecular formula is C20H15BrN2O4. The van der Waals surface area contributed by atoms with Gasteiger partial charge in [-0.1, -0.05) is 6.07 Å². The van der Waals surface area contributed by atoms with E-state index in [2.05, 4.69) is 27.0 Å². The molecule has 1 unspecified atom stereocenters. The van der Waals surface area contributed by atoms with E-state index in [-0.39, 0.29) is 5.57 Å². The predicted molar refractivity (Wildman–Crippen MR) is 103 cm³/mol. The number of benzene rings is 2. The molecule has 1 aliphatic heterocycles. The number of aromatic nitrogens is 1. The fourth-order valence-electron chi connectivity index (χ4n) is 3.46. The number of rotatable bonds is 3. The van der Waals surface area contributed by atoms with Gasteiger partial charge < -0.3 is 24.3 Å². The molecule has 2 aromatic carbocycles. The van der Waals surface area contributed by atoms with Crippen molar-refractivity contribution in [3.8, 4) is 23.3 Å². The van der Waals surface area contributed by atoms with Gasteiger partial charge in [0.15, 0.2) is 11.5 Å². The number of allylic oxidation sites excluding steroid dienone is 1. The molecule has 0 saturated heterocycles. The van der Waals surface area contributed by atoms with Crippen LogP contribution in [0, 0.1) is 11.3 Å². The summed E-state index contributed by atoms with van der Waals surface area (Å²) in [5.41, 5.74) is 2.57. The van der Waals surface area contributed by atoms with E-state index in [1.807, 2.05) is 24.3 Å². The molecule has 0 spiro atoms. The van der Waals surface area contributed by atoms with Crippen molar-refractivity contribution in [3.05, 3.63) is 63.6 Å². The normalized spacial score (nSPS) is 15.9. The average Bonchev–Trinajstić information content (AvgIpc) is 3.15. The number of H-pyrrole nitrogens is 1. The topological polar surface area (TPSA) is 87.5 Å². The first-order valence-electron chi connectivity index (χ1n) is 8.11. The van der Waals surface area contributed by atoms with E-state index >= 15 is 0 Å². The van der Waals surface area contributed by atoms with Gasteiger partial charge >= 0.3 is 0 Å². The van der Waals surface area contributed by atoms with Crippen molar-refractivity contribution >= 4 is 26.8 Å². The summed E-state index contributed by atoms with van der Waals surface area (Å²) in [4.78, 5) is 3.12. The molecule has 4 rings (SSSR count). The quantitative estimate of drug-likeness (QED) is 0.629. The highest BCUT2D eigenvalue weighted by molar-refractivity contribution is 9.10. The monoisotopic (exact) mass is 426 g/mol. The second-order valence-electron chi connectivity index (χ2n) is 6.03. The van der Waals surface area contributed by atoms with Crippen LogP contribution in [0.25, 0.3) is 10.9 Å². The zero-order chi connectivity index (χ0) is 19.1. The summed E-state index contributed by atoms with van der Waals surface area (Å²) in [5, 5.41) is 20.9. The second-order valence-corrected chi connectivity index (χ2v) is 6.88. The highest BCUT2D eigenvalue weighted by Gasteiger charge is 2.34. The van der Waals surface area contributed by atoms with Gasteiger partial charge in [0.25, 0.3) is 5.95 Å². The molecule has 0 bridgehead atoms. The van der Waals surface area contributed by atoms with Gasteiger partial charge in [0.1, 0.15) is 17.4 Å². The number of nitrogens with one attached hydrogen (secondary N) is 1. The molecule has 1 aliphatic rings. The maximum atomic E-state index is 10.4. The van der Waals surface area contributed by atoms with Crippen LogP contribution in [0.3, 0.4) is 0 Å². The molecule has 2 N–H and O–H groups in total. The molecule has 7 heteroatoms. The first-order chi connectivity index (χ1) is 13.1. The predicted octanol–water partition coefficient (Wildman–Crippen LogP) is 4.77. The highest BCUT2D eigenvalue weighted by atomic mass is 79.9. The molecule has 1 atom stereocenters. The number of nitriles is 1. The number of fused-ring (bicyclic) bond motifs is 3. The summed E-state index contributed by atoms with van der Waals surface area (Å²) < 4.78 is 17.1. The van der Waals surface area contributed by atoms with Gasteiger partial charge in [-0.25, -0.2) is 0 Å². The van der Waals surface area contributed by atoms with Crippen LogP contribution in [0.5, 0.6) is 17.2 Å². The number of halogens is 1. The van der Waals surface area contributed by atoms with Gasteiger partial charge in [0.05, 0.1) is 24.6 Å². The minimum absolute atomic E-state index is 0.136. The molecule has 0 amide bonds. The van der Waals surface area contributed by atoms with Gasteiger partial charge in [-0.05, 0) is 45.8 Å². The molecule has 0 fully saturated rings. The zero-order valence-electron chi connectivity index (χ0n) is 14.5. The minimum atomic E-state index is -0.505. The minimum Gasteiger partial charge on any atom is -0.493 e. The van der Waals surface area contributed by atoms with Crippen LogP contribution in [-0.4, -0.2) is 24.3 Å². The maximum absolute atomic E-state index is 10.4. The van der Waals surface area contributed by atoms with E-state index in [0.717, 1.165) is 22.0 Å². The van der Waals surface area contributed by atoms with Crippen molar-refractivity contribution in [2.45, 2.75) is 5.92 Å². The largest absolute Gasteiger partial charge is 0.493 e. The third-order valence-corrected chi connectivity index (χ3v) is 5.24. The van der Waals surface area contributed by atoms with Crippen LogP contribution in [0.15, 0.2) is 52.5 Å². The Morgan fingerprint density at radius 2 is 2.04 bits per heavy atom. The number of nitrogens with zero attached hydrogens (tertiary/aromatic N) is 1. The standard InChI is InChI=1S/C20H15BrN2O4/c1-25-16-8-10(7-14(21)19(16)26-2)17-12-3-4-15-11(5-6-23-15)18(12)27-20(24)13(17)9-22/h3-8,17,23-24H,1-2H3. The van der Waals surface area contributed by atoms with Gasteiger partial charge in [-0.2, -0.15) is 5.26 Å². The lowest BCUT2D eigenvalue weighted by atomic mass is 9.83. The lowest BCUT2D eigenvalue weighted by Gasteiger charge is -2.26. The Bertz CT molecular complexity index is 1130. The van der Waals surface area contributed by atoms with Crippen LogP contribution in [0.1, 0.15) is 17.0 Å². The van der Waals surface area contributed by atoms with Crippen LogP contribution < -0.4 is 14.2 Å². The van der Waals surface area contributed by atoms with Gasteiger partial charge in [-0.3, -0.25) is 0 Å². The summed E-state index contributed by atoms with van der Waals surface area (Å²) in [6, 6.07) is 11.4. The van der Waals surface area contributed by atoms with E-state index in [1.165, 1.54) is 0 Å². The fraction of sp³-hybridized carbons (Fsp3) is 0.150. The van der Waals surface area contributed by atoms with Crippen molar-refractivity contribution in [1.82, 2.24) is 4.98 Å². The molecule has 136 valence electrons. The molecular weight excluding hydrogens is 412 g/mol. The molecule has 6 nitrogen and oxygen atoms in total.